The number of aromatic nitrogens is 4. The van der Waals surface area contributed by atoms with Gasteiger partial charge in [0.05, 0.1) is 12.2 Å². The molecule has 0 bridgehead atoms. The molecule has 0 saturated carbocycles. The van der Waals surface area contributed by atoms with Gasteiger partial charge in [0.15, 0.2) is 5.82 Å². The quantitative estimate of drug-likeness (QED) is 0.816. The number of nitrogens with one attached hydrogen (secondary N) is 1. The van der Waals surface area contributed by atoms with E-state index in [0.29, 0.717) is 6.54 Å². The second-order valence-electron chi connectivity index (χ2n) is 4.47. The smallest absolute Gasteiger partial charge is 0.170 e. The summed E-state index contributed by atoms with van der Waals surface area (Å²) in [6.07, 6.45) is 1.10. The van der Waals surface area contributed by atoms with Gasteiger partial charge in [-0.15, -0.1) is 5.10 Å². The summed E-state index contributed by atoms with van der Waals surface area (Å²) in [5.41, 5.74) is 3.47. The topological polar surface area (TPSA) is 55.6 Å². The molecule has 0 spiro atoms. The first-order valence-corrected chi connectivity index (χ1v) is 6.28. The molecule has 0 aliphatic heterocycles. The normalized spacial score (nSPS) is 10.8. The predicted molar refractivity (Wildman–Crippen MR) is 70.6 cm³/mol. The Balaban J connectivity index is 2.25. The van der Waals surface area contributed by atoms with Crippen molar-refractivity contribution in [1.29, 1.82) is 0 Å². The molecule has 5 heteroatoms. The van der Waals surface area contributed by atoms with Crippen LogP contribution in [0.25, 0.3) is 5.69 Å². The zero-order valence-electron chi connectivity index (χ0n) is 11.1. The fraction of sp³-hybridized carbons (Fsp3) is 0.462. The molecule has 0 saturated heterocycles. The van der Waals surface area contributed by atoms with Gasteiger partial charge in [-0.25, -0.2) is 0 Å². The second kappa shape index (κ2) is 5.73. The lowest BCUT2D eigenvalue weighted by atomic mass is 10.1. The van der Waals surface area contributed by atoms with Crippen LogP contribution in [-0.2, 0) is 6.54 Å². The van der Waals surface area contributed by atoms with E-state index in [1.807, 2.05) is 0 Å². The Morgan fingerprint density at radius 1 is 1.28 bits per heavy atom. The van der Waals surface area contributed by atoms with Gasteiger partial charge in [0.25, 0.3) is 0 Å². The lowest BCUT2D eigenvalue weighted by Gasteiger charge is -2.08. The fourth-order valence-electron chi connectivity index (χ4n) is 1.92. The van der Waals surface area contributed by atoms with Gasteiger partial charge in [-0.2, -0.15) is 4.68 Å². The molecule has 0 aliphatic rings. The van der Waals surface area contributed by atoms with Crippen molar-refractivity contribution in [1.82, 2.24) is 25.5 Å². The largest absolute Gasteiger partial charge is 0.310 e. The van der Waals surface area contributed by atoms with Crippen LogP contribution in [0.4, 0.5) is 0 Å². The molecule has 2 aromatic rings. The van der Waals surface area contributed by atoms with Crippen LogP contribution in [0.5, 0.6) is 0 Å². The molecule has 0 amide bonds. The minimum atomic E-state index is 0.689. The summed E-state index contributed by atoms with van der Waals surface area (Å²) in [4.78, 5) is 0. The van der Waals surface area contributed by atoms with Crippen LogP contribution in [0, 0.1) is 13.8 Å². The summed E-state index contributed by atoms with van der Waals surface area (Å²) in [6, 6.07) is 6.28. The van der Waals surface area contributed by atoms with Crippen LogP contribution in [0.1, 0.15) is 30.3 Å². The van der Waals surface area contributed by atoms with Crippen molar-refractivity contribution in [2.45, 2.75) is 33.7 Å². The highest BCUT2D eigenvalue weighted by Crippen LogP contribution is 2.15. The van der Waals surface area contributed by atoms with Crippen LogP contribution in [0.3, 0.4) is 0 Å². The highest BCUT2D eigenvalue weighted by molar-refractivity contribution is 5.42. The first-order chi connectivity index (χ1) is 8.72. The van der Waals surface area contributed by atoms with Crippen molar-refractivity contribution in [3.8, 4) is 5.69 Å². The SMILES string of the molecule is CCCNCc1nnnn1-c1ccc(C)cc1C. The first kappa shape index (κ1) is 12.7. The van der Waals surface area contributed by atoms with Gasteiger partial charge in [0, 0.05) is 0 Å². The van der Waals surface area contributed by atoms with E-state index in [1.165, 1.54) is 11.1 Å². The summed E-state index contributed by atoms with van der Waals surface area (Å²) in [5, 5.41) is 15.2. The van der Waals surface area contributed by atoms with Crippen LogP contribution >= 0.6 is 0 Å². The highest BCUT2D eigenvalue weighted by Gasteiger charge is 2.09. The van der Waals surface area contributed by atoms with Crippen LogP contribution in [0.2, 0.25) is 0 Å². The number of rotatable bonds is 5. The van der Waals surface area contributed by atoms with E-state index in [0.717, 1.165) is 24.5 Å². The number of hydrogen-bond donors (Lipinski definition) is 1. The van der Waals surface area contributed by atoms with E-state index in [-0.39, 0.29) is 0 Å². The number of nitrogens with zero attached hydrogens (tertiary/aromatic N) is 4. The van der Waals surface area contributed by atoms with Gasteiger partial charge in [0.1, 0.15) is 0 Å². The van der Waals surface area contributed by atoms with E-state index in [4.69, 9.17) is 0 Å². The van der Waals surface area contributed by atoms with Gasteiger partial charge in [-0.05, 0) is 48.9 Å². The zero-order valence-corrected chi connectivity index (χ0v) is 11.1. The van der Waals surface area contributed by atoms with Crippen molar-refractivity contribution in [3.05, 3.63) is 35.2 Å². The van der Waals surface area contributed by atoms with Crippen molar-refractivity contribution in [3.63, 3.8) is 0 Å². The zero-order chi connectivity index (χ0) is 13.0. The second-order valence-corrected chi connectivity index (χ2v) is 4.47. The lowest BCUT2D eigenvalue weighted by molar-refractivity contribution is 0.632. The van der Waals surface area contributed by atoms with Gasteiger partial charge < -0.3 is 5.32 Å². The van der Waals surface area contributed by atoms with E-state index < -0.39 is 0 Å². The molecule has 0 unspecified atom stereocenters. The molecule has 2 rings (SSSR count). The van der Waals surface area contributed by atoms with E-state index in [1.54, 1.807) is 4.68 Å². The maximum absolute atomic E-state index is 4.07. The van der Waals surface area contributed by atoms with Crippen molar-refractivity contribution in [2.24, 2.45) is 0 Å². The molecular formula is C13H19N5. The molecule has 0 fully saturated rings. The van der Waals surface area contributed by atoms with Crippen molar-refractivity contribution < 1.29 is 0 Å². The third-order valence-electron chi connectivity index (χ3n) is 2.82. The number of benzene rings is 1. The summed E-state index contributed by atoms with van der Waals surface area (Å²) in [7, 11) is 0. The average Bonchev–Trinajstić information content (AvgIpc) is 2.78. The Morgan fingerprint density at radius 2 is 2.11 bits per heavy atom. The number of aryl methyl sites for hydroxylation is 2. The standard InChI is InChI=1S/C13H19N5/c1-4-7-14-9-13-15-16-17-18(13)12-6-5-10(2)8-11(12)3/h5-6,8,14H,4,7,9H2,1-3H3. The van der Waals surface area contributed by atoms with E-state index >= 15 is 0 Å². The summed E-state index contributed by atoms with van der Waals surface area (Å²) < 4.78 is 1.80. The molecular weight excluding hydrogens is 226 g/mol. The van der Waals surface area contributed by atoms with E-state index in [9.17, 15) is 0 Å². The predicted octanol–water partition coefficient (Wildman–Crippen LogP) is 1.78. The third kappa shape index (κ3) is 2.73. The monoisotopic (exact) mass is 245 g/mol. The van der Waals surface area contributed by atoms with Gasteiger partial charge in [-0.3, -0.25) is 0 Å². The minimum absolute atomic E-state index is 0.689. The Morgan fingerprint density at radius 3 is 2.83 bits per heavy atom. The highest BCUT2D eigenvalue weighted by atomic mass is 15.5. The van der Waals surface area contributed by atoms with Crippen LogP contribution in [-0.4, -0.2) is 26.8 Å². The maximum Gasteiger partial charge on any atom is 0.170 e. The molecule has 0 aliphatic carbocycles. The molecule has 1 aromatic heterocycles. The Labute approximate surface area is 107 Å². The Kier molecular flexibility index (Phi) is 4.04. The van der Waals surface area contributed by atoms with E-state index in [2.05, 4.69) is 59.8 Å². The van der Waals surface area contributed by atoms with Crippen molar-refractivity contribution >= 4 is 0 Å². The molecule has 1 heterocycles. The van der Waals surface area contributed by atoms with Gasteiger partial charge in [0.2, 0.25) is 0 Å². The molecule has 96 valence electrons. The summed E-state index contributed by atoms with van der Waals surface area (Å²) in [6.45, 7) is 7.96. The molecule has 1 N–H and O–H groups in total. The summed E-state index contributed by atoms with van der Waals surface area (Å²) in [5.74, 6) is 0.843. The van der Waals surface area contributed by atoms with Crippen LogP contribution < -0.4 is 5.32 Å². The minimum Gasteiger partial charge on any atom is -0.310 e. The Bertz CT molecular complexity index is 518. The molecule has 5 nitrogen and oxygen atoms in total. The number of tetrazole rings is 1. The maximum atomic E-state index is 4.07. The van der Waals surface area contributed by atoms with Crippen LogP contribution in [0.15, 0.2) is 18.2 Å². The van der Waals surface area contributed by atoms with Gasteiger partial charge in [-0.1, -0.05) is 24.6 Å². The van der Waals surface area contributed by atoms with Crippen molar-refractivity contribution in [2.75, 3.05) is 6.54 Å². The third-order valence-corrected chi connectivity index (χ3v) is 2.82. The first-order valence-electron chi connectivity index (χ1n) is 6.28. The average molecular weight is 245 g/mol. The molecule has 0 atom stereocenters. The number of hydrogen-bond acceptors (Lipinski definition) is 4. The summed E-state index contributed by atoms with van der Waals surface area (Å²) >= 11 is 0. The molecule has 18 heavy (non-hydrogen) atoms. The Hall–Kier alpha value is -1.75. The molecule has 0 radical (unpaired) electrons. The molecule has 1 aromatic carbocycles. The van der Waals surface area contributed by atoms with Gasteiger partial charge >= 0.3 is 0 Å². The fourth-order valence-corrected chi connectivity index (χ4v) is 1.92. The lowest BCUT2D eigenvalue weighted by Crippen LogP contribution is -2.18.